The van der Waals surface area contributed by atoms with Crippen LogP contribution in [0.1, 0.15) is 0 Å². The molecule has 0 aliphatic heterocycles. The average molecular weight is 440 g/mol. The maximum absolute atomic E-state index is 14.5. The minimum atomic E-state index is -0.552. The molecule has 4 rings (SSSR count). The van der Waals surface area contributed by atoms with Gasteiger partial charge in [-0.15, -0.1) is 0 Å². The number of fused-ring (bicyclic) bond motifs is 1. The SMILES string of the molecule is O=C(CSc1nc2ccccc2c(=O)n1-c1ccccc1F)Nc1ccc(Cl)cc1. The van der Waals surface area contributed by atoms with Crippen LogP contribution in [0.3, 0.4) is 0 Å². The highest BCUT2D eigenvalue weighted by Gasteiger charge is 2.17. The van der Waals surface area contributed by atoms with Crippen LogP contribution < -0.4 is 10.9 Å². The number of halogens is 2. The number of anilines is 1. The molecule has 0 atom stereocenters. The van der Waals surface area contributed by atoms with Crippen molar-refractivity contribution in [3.05, 3.63) is 94.0 Å². The Balaban J connectivity index is 1.68. The molecule has 8 heteroatoms. The number of hydrogen-bond acceptors (Lipinski definition) is 4. The molecule has 0 unspecified atom stereocenters. The topological polar surface area (TPSA) is 64.0 Å². The molecule has 1 N–H and O–H groups in total. The lowest BCUT2D eigenvalue weighted by Gasteiger charge is -2.14. The van der Waals surface area contributed by atoms with E-state index in [-0.39, 0.29) is 22.5 Å². The van der Waals surface area contributed by atoms with Crippen LogP contribution in [0.15, 0.2) is 82.7 Å². The van der Waals surface area contributed by atoms with Crippen molar-refractivity contribution < 1.29 is 9.18 Å². The van der Waals surface area contributed by atoms with Crippen LogP contribution in [0.4, 0.5) is 10.1 Å². The van der Waals surface area contributed by atoms with Crippen molar-refractivity contribution in [2.45, 2.75) is 5.16 Å². The summed E-state index contributed by atoms with van der Waals surface area (Å²) in [7, 11) is 0. The van der Waals surface area contributed by atoms with Crippen molar-refractivity contribution in [1.29, 1.82) is 0 Å². The molecule has 0 bridgehead atoms. The third-order valence-electron chi connectivity index (χ3n) is 4.30. The molecular formula is C22H15ClFN3O2S. The predicted molar refractivity (Wildman–Crippen MR) is 118 cm³/mol. The maximum Gasteiger partial charge on any atom is 0.266 e. The van der Waals surface area contributed by atoms with Gasteiger partial charge in [-0.3, -0.25) is 14.2 Å². The highest BCUT2D eigenvalue weighted by Crippen LogP contribution is 2.23. The van der Waals surface area contributed by atoms with Crippen LogP contribution in [-0.2, 0) is 4.79 Å². The Labute approximate surface area is 180 Å². The van der Waals surface area contributed by atoms with Gasteiger partial charge in [0, 0.05) is 10.7 Å². The van der Waals surface area contributed by atoms with Crippen LogP contribution in [0.5, 0.6) is 0 Å². The van der Waals surface area contributed by atoms with Crippen molar-refractivity contribution in [2.75, 3.05) is 11.1 Å². The first kappa shape index (κ1) is 20.1. The number of carbonyl (C=O) groups excluding carboxylic acids is 1. The Morgan fingerprint density at radius 3 is 2.50 bits per heavy atom. The van der Waals surface area contributed by atoms with Gasteiger partial charge in [0.05, 0.1) is 22.3 Å². The molecule has 150 valence electrons. The molecule has 1 amide bonds. The van der Waals surface area contributed by atoms with Gasteiger partial charge < -0.3 is 5.32 Å². The van der Waals surface area contributed by atoms with E-state index in [0.29, 0.717) is 21.6 Å². The summed E-state index contributed by atoms with van der Waals surface area (Å²) < 4.78 is 15.7. The second kappa shape index (κ2) is 8.69. The summed E-state index contributed by atoms with van der Waals surface area (Å²) in [5.74, 6) is -0.851. The molecule has 4 aromatic rings. The fourth-order valence-electron chi connectivity index (χ4n) is 2.92. The second-order valence-corrected chi connectivity index (χ2v) is 7.73. The van der Waals surface area contributed by atoms with E-state index in [2.05, 4.69) is 10.3 Å². The minimum absolute atomic E-state index is 0.0120. The number of amides is 1. The summed E-state index contributed by atoms with van der Waals surface area (Å²) in [6, 6.07) is 19.5. The van der Waals surface area contributed by atoms with Crippen molar-refractivity contribution >= 4 is 45.9 Å². The standard InChI is InChI=1S/C22H15ClFN3O2S/c23-14-9-11-15(12-10-14)25-20(28)13-30-22-26-18-7-3-1-5-16(18)21(29)27(22)19-8-4-2-6-17(19)24/h1-12H,13H2,(H,25,28). The number of carbonyl (C=O) groups is 1. The van der Waals surface area contributed by atoms with E-state index in [4.69, 9.17) is 11.6 Å². The summed E-state index contributed by atoms with van der Waals surface area (Å²) in [5, 5.41) is 3.92. The smallest absolute Gasteiger partial charge is 0.266 e. The van der Waals surface area contributed by atoms with E-state index in [0.717, 1.165) is 11.8 Å². The molecule has 0 aliphatic rings. The molecule has 5 nitrogen and oxygen atoms in total. The molecule has 3 aromatic carbocycles. The summed E-state index contributed by atoms with van der Waals surface area (Å²) in [5.41, 5.74) is 0.770. The summed E-state index contributed by atoms with van der Waals surface area (Å²) in [6.07, 6.45) is 0. The van der Waals surface area contributed by atoms with E-state index in [9.17, 15) is 14.0 Å². The molecule has 0 fully saturated rings. The van der Waals surface area contributed by atoms with Crippen LogP contribution in [0.25, 0.3) is 16.6 Å². The number of nitrogens with zero attached hydrogens (tertiary/aromatic N) is 2. The van der Waals surface area contributed by atoms with Gasteiger partial charge in [0.2, 0.25) is 5.91 Å². The van der Waals surface area contributed by atoms with Gasteiger partial charge in [0.25, 0.3) is 5.56 Å². The van der Waals surface area contributed by atoms with E-state index >= 15 is 0 Å². The summed E-state index contributed by atoms with van der Waals surface area (Å²) >= 11 is 6.91. The average Bonchev–Trinajstić information content (AvgIpc) is 2.75. The van der Waals surface area contributed by atoms with Crippen LogP contribution in [0.2, 0.25) is 5.02 Å². The first-order chi connectivity index (χ1) is 14.5. The number of aromatic nitrogens is 2. The first-order valence-electron chi connectivity index (χ1n) is 8.98. The third-order valence-corrected chi connectivity index (χ3v) is 5.49. The number of benzene rings is 3. The fourth-order valence-corrected chi connectivity index (χ4v) is 3.85. The molecule has 1 aromatic heterocycles. The number of thioether (sulfide) groups is 1. The van der Waals surface area contributed by atoms with Crippen LogP contribution >= 0.6 is 23.4 Å². The number of hydrogen-bond donors (Lipinski definition) is 1. The predicted octanol–water partition coefficient (Wildman–Crippen LogP) is 4.91. The van der Waals surface area contributed by atoms with Crippen molar-refractivity contribution in [3.8, 4) is 5.69 Å². The second-order valence-electron chi connectivity index (χ2n) is 6.35. The minimum Gasteiger partial charge on any atom is -0.325 e. The quantitative estimate of drug-likeness (QED) is 0.354. The highest BCUT2D eigenvalue weighted by molar-refractivity contribution is 7.99. The zero-order chi connectivity index (χ0) is 21.1. The summed E-state index contributed by atoms with van der Waals surface area (Å²) in [6.45, 7) is 0. The van der Waals surface area contributed by atoms with Crippen molar-refractivity contribution in [3.63, 3.8) is 0 Å². The zero-order valence-corrected chi connectivity index (χ0v) is 17.1. The lowest BCUT2D eigenvalue weighted by Crippen LogP contribution is -2.23. The molecule has 0 aliphatic carbocycles. The Hall–Kier alpha value is -3.16. The molecule has 0 radical (unpaired) electrons. The van der Waals surface area contributed by atoms with Crippen molar-refractivity contribution in [2.24, 2.45) is 0 Å². The Morgan fingerprint density at radius 2 is 1.73 bits per heavy atom. The summed E-state index contributed by atoms with van der Waals surface area (Å²) in [4.78, 5) is 30.0. The van der Waals surface area contributed by atoms with Crippen LogP contribution in [0, 0.1) is 5.82 Å². The molecule has 0 saturated heterocycles. The maximum atomic E-state index is 14.5. The van der Waals surface area contributed by atoms with Gasteiger partial charge in [-0.05, 0) is 48.5 Å². The molecule has 0 spiro atoms. The highest BCUT2D eigenvalue weighted by atomic mass is 35.5. The largest absolute Gasteiger partial charge is 0.325 e. The number of rotatable bonds is 5. The Kier molecular flexibility index (Phi) is 5.83. The fraction of sp³-hybridized carbons (Fsp3) is 0.0455. The van der Waals surface area contributed by atoms with Crippen molar-refractivity contribution in [1.82, 2.24) is 9.55 Å². The van der Waals surface area contributed by atoms with Gasteiger partial charge >= 0.3 is 0 Å². The number of nitrogens with one attached hydrogen (secondary N) is 1. The Morgan fingerprint density at radius 1 is 1.03 bits per heavy atom. The van der Waals surface area contributed by atoms with E-state index in [1.54, 1.807) is 60.7 Å². The normalized spacial score (nSPS) is 10.9. The van der Waals surface area contributed by atoms with Gasteiger partial charge in [-0.25, -0.2) is 9.37 Å². The molecular weight excluding hydrogens is 425 g/mol. The van der Waals surface area contributed by atoms with Crippen LogP contribution in [-0.4, -0.2) is 21.2 Å². The van der Waals surface area contributed by atoms with Gasteiger partial charge in [-0.2, -0.15) is 0 Å². The molecule has 0 saturated carbocycles. The van der Waals surface area contributed by atoms with Gasteiger partial charge in [-0.1, -0.05) is 47.6 Å². The lowest BCUT2D eigenvalue weighted by molar-refractivity contribution is -0.113. The lowest BCUT2D eigenvalue weighted by atomic mass is 10.2. The van der Waals surface area contributed by atoms with E-state index in [1.807, 2.05) is 0 Å². The van der Waals surface area contributed by atoms with Gasteiger partial charge in [0.1, 0.15) is 5.82 Å². The molecule has 1 heterocycles. The number of para-hydroxylation sites is 2. The first-order valence-corrected chi connectivity index (χ1v) is 10.3. The van der Waals surface area contributed by atoms with E-state index in [1.165, 1.54) is 16.7 Å². The van der Waals surface area contributed by atoms with E-state index < -0.39 is 11.4 Å². The Bertz CT molecular complexity index is 1290. The zero-order valence-electron chi connectivity index (χ0n) is 15.5. The van der Waals surface area contributed by atoms with Gasteiger partial charge in [0.15, 0.2) is 5.16 Å². The molecule has 30 heavy (non-hydrogen) atoms. The monoisotopic (exact) mass is 439 g/mol. The third kappa shape index (κ3) is 4.22.